The van der Waals surface area contributed by atoms with Gasteiger partial charge < -0.3 is 28.4 Å². The molecule has 0 saturated heterocycles. The summed E-state index contributed by atoms with van der Waals surface area (Å²) < 4.78 is 31.5. The maximum absolute atomic E-state index is 12.5. The smallest absolute Gasteiger partial charge is 0.265 e. The fourth-order valence-electron chi connectivity index (χ4n) is 2.00. The fourth-order valence-corrected chi connectivity index (χ4v) is 2.51. The van der Waals surface area contributed by atoms with Gasteiger partial charge in [0.25, 0.3) is 5.78 Å². The second-order valence-corrected chi connectivity index (χ2v) is 6.02. The molecule has 0 aliphatic heterocycles. The minimum absolute atomic E-state index is 0.0299. The van der Waals surface area contributed by atoms with E-state index in [1.54, 1.807) is 0 Å². The fraction of sp³-hybridized carbons (Fsp3) is 0.667. The van der Waals surface area contributed by atoms with E-state index in [9.17, 15) is 9.59 Å². The van der Waals surface area contributed by atoms with Crippen LogP contribution in [0, 0.1) is 0 Å². The quantitative estimate of drug-likeness (QED) is 0.266. The SMILES string of the molecule is CCOCCOCCOC1=C(Cl)C(=O)C(Cl)=C(OCCOCCOCC)C1=O. The van der Waals surface area contributed by atoms with Crippen molar-refractivity contribution in [2.24, 2.45) is 0 Å². The van der Waals surface area contributed by atoms with Crippen LogP contribution in [0.3, 0.4) is 0 Å². The van der Waals surface area contributed by atoms with E-state index in [0.29, 0.717) is 39.6 Å². The van der Waals surface area contributed by atoms with E-state index in [1.165, 1.54) is 0 Å². The van der Waals surface area contributed by atoms with Gasteiger partial charge >= 0.3 is 0 Å². The summed E-state index contributed by atoms with van der Waals surface area (Å²) in [4.78, 5) is 24.6. The predicted octanol–water partition coefficient (Wildman–Crippen LogP) is 2.18. The van der Waals surface area contributed by atoms with Crippen molar-refractivity contribution in [1.82, 2.24) is 0 Å². The molecule has 0 bridgehead atoms. The van der Waals surface area contributed by atoms with Crippen molar-refractivity contribution in [2.45, 2.75) is 13.8 Å². The first-order valence-electron chi connectivity index (χ1n) is 9.00. The number of carbonyl (C=O) groups excluding carboxylic acids is 2. The van der Waals surface area contributed by atoms with Crippen LogP contribution in [0.5, 0.6) is 0 Å². The molecule has 10 heteroatoms. The molecule has 0 amide bonds. The highest BCUT2D eigenvalue weighted by atomic mass is 35.5. The van der Waals surface area contributed by atoms with E-state index in [0.717, 1.165) is 0 Å². The Morgan fingerprint density at radius 2 is 0.929 bits per heavy atom. The van der Waals surface area contributed by atoms with Gasteiger partial charge in [-0.1, -0.05) is 23.2 Å². The Balaban J connectivity index is 2.46. The van der Waals surface area contributed by atoms with Gasteiger partial charge in [-0.3, -0.25) is 9.59 Å². The van der Waals surface area contributed by atoms with E-state index < -0.39 is 11.6 Å². The standard InChI is InChI=1S/C18H26Cl2O8/c1-3-23-5-7-25-9-11-27-17-13(19)15(21)14(20)18(16(17)22)28-12-10-26-8-6-24-4-2/h3-12H2,1-2H3. The molecule has 0 saturated carbocycles. The topological polar surface area (TPSA) is 89.5 Å². The number of hydrogen-bond donors (Lipinski definition) is 0. The van der Waals surface area contributed by atoms with Crippen LogP contribution in [-0.4, -0.2) is 77.6 Å². The minimum Gasteiger partial charge on any atom is -0.485 e. The average molecular weight is 441 g/mol. The van der Waals surface area contributed by atoms with Crippen LogP contribution in [0.25, 0.3) is 0 Å². The van der Waals surface area contributed by atoms with Crippen molar-refractivity contribution < 1.29 is 38.0 Å². The van der Waals surface area contributed by atoms with Gasteiger partial charge in [0, 0.05) is 13.2 Å². The molecular weight excluding hydrogens is 415 g/mol. The van der Waals surface area contributed by atoms with Gasteiger partial charge in [0.05, 0.1) is 39.6 Å². The van der Waals surface area contributed by atoms with Gasteiger partial charge in [-0.2, -0.15) is 0 Å². The summed E-state index contributed by atoms with van der Waals surface area (Å²) in [6.07, 6.45) is 0. The summed E-state index contributed by atoms with van der Waals surface area (Å²) in [5, 5.41) is -0.769. The van der Waals surface area contributed by atoms with Crippen molar-refractivity contribution >= 4 is 34.8 Å². The maximum atomic E-state index is 12.5. The van der Waals surface area contributed by atoms with Gasteiger partial charge in [0.2, 0.25) is 5.78 Å². The number of carbonyl (C=O) groups is 2. The van der Waals surface area contributed by atoms with Crippen molar-refractivity contribution in [3.05, 3.63) is 21.6 Å². The Morgan fingerprint density at radius 3 is 1.32 bits per heavy atom. The van der Waals surface area contributed by atoms with E-state index in [-0.39, 0.29) is 48.0 Å². The van der Waals surface area contributed by atoms with Gasteiger partial charge in [-0.05, 0) is 13.8 Å². The van der Waals surface area contributed by atoms with Crippen LogP contribution in [0.1, 0.15) is 13.8 Å². The lowest BCUT2D eigenvalue weighted by Gasteiger charge is -2.19. The van der Waals surface area contributed by atoms with Crippen molar-refractivity contribution in [1.29, 1.82) is 0 Å². The molecule has 1 aliphatic carbocycles. The number of Topliss-reactive ketones (excluding diaryl/α,β-unsaturated/α-hetero) is 2. The largest absolute Gasteiger partial charge is 0.485 e. The van der Waals surface area contributed by atoms with E-state index in [4.69, 9.17) is 51.6 Å². The van der Waals surface area contributed by atoms with Crippen LogP contribution in [0.4, 0.5) is 0 Å². The molecule has 1 rings (SSSR count). The second-order valence-electron chi connectivity index (χ2n) is 5.26. The van der Waals surface area contributed by atoms with Gasteiger partial charge in [0.1, 0.15) is 23.3 Å². The van der Waals surface area contributed by atoms with E-state index in [2.05, 4.69) is 0 Å². The Bertz CT molecular complexity index is 528. The summed E-state index contributed by atoms with van der Waals surface area (Å²) in [5.41, 5.74) is 0. The third-order valence-electron chi connectivity index (χ3n) is 3.31. The molecule has 0 N–H and O–H groups in total. The van der Waals surface area contributed by atoms with Crippen LogP contribution in [0.2, 0.25) is 0 Å². The van der Waals surface area contributed by atoms with E-state index in [1.807, 2.05) is 13.8 Å². The van der Waals surface area contributed by atoms with Gasteiger partial charge in [0.15, 0.2) is 11.5 Å². The molecule has 8 nitrogen and oxygen atoms in total. The molecule has 1 aliphatic rings. The molecule has 0 heterocycles. The average Bonchev–Trinajstić information content (AvgIpc) is 2.69. The Kier molecular flexibility index (Phi) is 13.1. The molecule has 0 fully saturated rings. The molecule has 0 radical (unpaired) electrons. The first-order chi connectivity index (χ1) is 13.5. The monoisotopic (exact) mass is 440 g/mol. The second kappa shape index (κ2) is 14.8. The van der Waals surface area contributed by atoms with Crippen molar-refractivity contribution in [3.8, 4) is 0 Å². The third-order valence-corrected chi connectivity index (χ3v) is 4.00. The molecule has 0 aromatic carbocycles. The summed E-state index contributed by atoms with van der Waals surface area (Å²) in [6.45, 7) is 7.13. The third kappa shape index (κ3) is 8.46. The molecular formula is C18H26Cl2O8. The lowest BCUT2D eigenvalue weighted by molar-refractivity contribution is -0.122. The maximum Gasteiger partial charge on any atom is 0.265 e. The van der Waals surface area contributed by atoms with Crippen LogP contribution in [0.15, 0.2) is 21.6 Å². The molecule has 28 heavy (non-hydrogen) atoms. The molecule has 160 valence electrons. The summed E-state index contributed by atoms with van der Waals surface area (Å²) in [7, 11) is 0. The zero-order chi connectivity index (χ0) is 20.8. The first-order valence-corrected chi connectivity index (χ1v) is 9.75. The Labute approximate surface area is 174 Å². The molecule has 0 aromatic heterocycles. The highest BCUT2D eigenvalue weighted by Gasteiger charge is 2.36. The van der Waals surface area contributed by atoms with Crippen LogP contribution in [-0.2, 0) is 38.0 Å². The number of ketones is 2. The Morgan fingerprint density at radius 1 is 0.571 bits per heavy atom. The van der Waals surface area contributed by atoms with Crippen molar-refractivity contribution in [3.63, 3.8) is 0 Å². The summed E-state index contributed by atoms with van der Waals surface area (Å²) in [5.74, 6) is -2.05. The highest BCUT2D eigenvalue weighted by Crippen LogP contribution is 2.30. The number of allylic oxidation sites excluding steroid dienone is 2. The lowest BCUT2D eigenvalue weighted by Crippen LogP contribution is -2.25. The Hall–Kier alpha value is -1.16. The predicted molar refractivity (Wildman–Crippen MR) is 102 cm³/mol. The van der Waals surface area contributed by atoms with Crippen molar-refractivity contribution in [2.75, 3.05) is 66.1 Å². The molecule has 0 unspecified atom stereocenters. The molecule has 0 atom stereocenters. The normalized spacial score (nSPS) is 14.9. The van der Waals surface area contributed by atoms with Gasteiger partial charge in [-0.15, -0.1) is 0 Å². The number of hydrogen-bond acceptors (Lipinski definition) is 8. The van der Waals surface area contributed by atoms with Crippen LogP contribution >= 0.6 is 23.2 Å². The first kappa shape index (κ1) is 24.9. The highest BCUT2D eigenvalue weighted by molar-refractivity contribution is 6.58. The molecule has 0 spiro atoms. The zero-order valence-corrected chi connectivity index (χ0v) is 17.6. The molecule has 0 aromatic rings. The number of halogens is 2. The minimum atomic E-state index is -0.734. The zero-order valence-electron chi connectivity index (χ0n) is 16.1. The van der Waals surface area contributed by atoms with Crippen LogP contribution < -0.4 is 0 Å². The van der Waals surface area contributed by atoms with Gasteiger partial charge in [-0.25, -0.2) is 0 Å². The van der Waals surface area contributed by atoms with E-state index >= 15 is 0 Å². The summed E-state index contributed by atoms with van der Waals surface area (Å²) >= 11 is 11.8. The number of rotatable bonds is 16. The lowest BCUT2D eigenvalue weighted by atomic mass is 10.1. The summed E-state index contributed by atoms with van der Waals surface area (Å²) in [6, 6.07) is 0. The number of ether oxygens (including phenoxy) is 6.